The Bertz CT molecular complexity index is 569. The van der Waals surface area contributed by atoms with E-state index in [0.717, 1.165) is 28.4 Å². The normalized spacial score (nSPS) is 11.1. The van der Waals surface area contributed by atoms with Crippen molar-refractivity contribution >= 4 is 22.9 Å². The zero-order valence-corrected chi connectivity index (χ0v) is 13.3. The van der Waals surface area contributed by atoms with Crippen LogP contribution in [0.25, 0.3) is 0 Å². The maximum absolute atomic E-state index is 6.20. The molecule has 0 aliphatic rings. The number of benzene rings is 1. The van der Waals surface area contributed by atoms with E-state index in [1.807, 2.05) is 23.6 Å². The van der Waals surface area contributed by atoms with Gasteiger partial charge in [-0.3, -0.25) is 0 Å². The van der Waals surface area contributed by atoms with E-state index < -0.39 is 0 Å². The van der Waals surface area contributed by atoms with Gasteiger partial charge in [-0.2, -0.15) is 0 Å². The Morgan fingerprint density at radius 2 is 2.20 bits per heavy atom. The Labute approximate surface area is 128 Å². The van der Waals surface area contributed by atoms with Gasteiger partial charge in [-0.1, -0.05) is 37.6 Å². The Morgan fingerprint density at radius 3 is 2.85 bits per heavy atom. The molecule has 1 aromatic heterocycles. The van der Waals surface area contributed by atoms with Crippen molar-refractivity contribution in [3.05, 3.63) is 44.9 Å². The minimum Gasteiger partial charge on any atom is -0.485 e. The Morgan fingerprint density at radius 1 is 1.40 bits per heavy atom. The molecule has 0 saturated heterocycles. The summed E-state index contributed by atoms with van der Waals surface area (Å²) in [6.07, 6.45) is 0.754. The molecular formula is C15H19ClN2OS. The number of para-hydroxylation sites is 1. The van der Waals surface area contributed by atoms with Gasteiger partial charge in [0.1, 0.15) is 12.4 Å². The van der Waals surface area contributed by atoms with E-state index in [0.29, 0.717) is 24.1 Å². The van der Waals surface area contributed by atoms with Crippen LogP contribution in [0.3, 0.4) is 0 Å². The SMILES string of the molecule is CC(C)c1nc(COc2c(Cl)cccc2CCN)cs1. The highest BCUT2D eigenvalue weighted by Gasteiger charge is 2.10. The number of nitrogens with two attached hydrogens (primary N) is 1. The molecule has 0 aliphatic heterocycles. The van der Waals surface area contributed by atoms with Gasteiger partial charge in [0.25, 0.3) is 0 Å². The van der Waals surface area contributed by atoms with E-state index in [-0.39, 0.29) is 0 Å². The fourth-order valence-electron chi connectivity index (χ4n) is 1.87. The van der Waals surface area contributed by atoms with Crippen LogP contribution in [0.2, 0.25) is 5.02 Å². The summed E-state index contributed by atoms with van der Waals surface area (Å²) in [7, 11) is 0. The summed E-state index contributed by atoms with van der Waals surface area (Å²) in [6, 6.07) is 5.74. The summed E-state index contributed by atoms with van der Waals surface area (Å²) in [4.78, 5) is 4.56. The summed E-state index contributed by atoms with van der Waals surface area (Å²) in [5.74, 6) is 1.17. The summed E-state index contributed by atoms with van der Waals surface area (Å²) in [5.41, 5.74) is 7.60. The van der Waals surface area contributed by atoms with Crippen molar-refractivity contribution in [1.82, 2.24) is 4.98 Å². The van der Waals surface area contributed by atoms with Crippen LogP contribution in [0.4, 0.5) is 0 Å². The topological polar surface area (TPSA) is 48.1 Å². The van der Waals surface area contributed by atoms with Crippen LogP contribution in [0.1, 0.15) is 36.0 Å². The number of thiazole rings is 1. The molecule has 0 saturated carbocycles. The number of aromatic nitrogens is 1. The van der Waals surface area contributed by atoms with Crippen LogP contribution in [-0.4, -0.2) is 11.5 Å². The highest BCUT2D eigenvalue weighted by Crippen LogP contribution is 2.30. The monoisotopic (exact) mass is 310 g/mol. The van der Waals surface area contributed by atoms with Gasteiger partial charge < -0.3 is 10.5 Å². The predicted octanol–water partition coefficient (Wildman–Crippen LogP) is 4.00. The highest BCUT2D eigenvalue weighted by molar-refractivity contribution is 7.09. The van der Waals surface area contributed by atoms with E-state index in [2.05, 4.69) is 18.8 Å². The number of rotatable bonds is 6. The lowest BCUT2D eigenvalue weighted by atomic mass is 10.1. The average Bonchev–Trinajstić information content (AvgIpc) is 2.87. The largest absolute Gasteiger partial charge is 0.485 e. The zero-order valence-electron chi connectivity index (χ0n) is 11.7. The zero-order chi connectivity index (χ0) is 14.5. The lowest BCUT2D eigenvalue weighted by Crippen LogP contribution is -2.06. The van der Waals surface area contributed by atoms with Crippen molar-refractivity contribution in [3.63, 3.8) is 0 Å². The van der Waals surface area contributed by atoms with Crippen molar-refractivity contribution in [2.24, 2.45) is 5.73 Å². The van der Waals surface area contributed by atoms with Gasteiger partial charge in [-0.15, -0.1) is 11.3 Å². The molecule has 0 bridgehead atoms. The summed E-state index contributed by atoms with van der Waals surface area (Å²) in [6.45, 7) is 5.28. The van der Waals surface area contributed by atoms with E-state index in [4.69, 9.17) is 22.1 Å². The van der Waals surface area contributed by atoms with Crippen molar-refractivity contribution < 1.29 is 4.74 Å². The molecule has 0 aliphatic carbocycles. The molecule has 1 aromatic carbocycles. The number of halogens is 1. The van der Waals surface area contributed by atoms with Crippen molar-refractivity contribution in [3.8, 4) is 5.75 Å². The second-order valence-electron chi connectivity index (χ2n) is 4.89. The maximum Gasteiger partial charge on any atom is 0.141 e. The summed E-state index contributed by atoms with van der Waals surface area (Å²) < 4.78 is 5.86. The third kappa shape index (κ3) is 3.72. The standard InChI is InChI=1S/C15H19ClN2OS/c1-10(2)15-18-12(9-20-15)8-19-14-11(6-7-17)4-3-5-13(14)16/h3-5,9-10H,6-8,17H2,1-2H3. The maximum atomic E-state index is 6.20. The first-order chi connectivity index (χ1) is 9.61. The first-order valence-corrected chi connectivity index (χ1v) is 7.92. The molecule has 0 amide bonds. The molecule has 5 heteroatoms. The van der Waals surface area contributed by atoms with Crippen molar-refractivity contribution in [1.29, 1.82) is 0 Å². The molecule has 0 fully saturated rings. The second-order valence-corrected chi connectivity index (χ2v) is 6.18. The number of hydrogen-bond acceptors (Lipinski definition) is 4. The van der Waals surface area contributed by atoms with Gasteiger partial charge >= 0.3 is 0 Å². The van der Waals surface area contributed by atoms with Gasteiger partial charge in [0, 0.05) is 11.3 Å². The molecule has 0 unspecified atom stereocenters. The molecule has 0 atom stereocenters. The lowest BCUT2D eigenvalue weighted by Gasteiger charge is -2.11. The molecule has 2 N–H and O–H groups in total. The molecule has 2 aromatic rings. The second kappa shape index (κ2) is 7.07. The van der Waals surface area contributed by atoms with Crippen molar-refractivity contribution in [2.75, 3.05) is 6.54 Å². The third-order valence-electron chi connectivity index (χ3n) is 2.89. The fourth-order valence-corrected chi connectivity index (χ4v) is 2.94. The summed E-state index contributed by atoms with van der Waals surface area (Å²) >= 11 is 7.87. The van der Waals surface area contributed by atoms with Gasteiger partial charge in [-0.05, 0) is 24.6 Å². The van der Waals surface area contributed by atoms with Crippen LogP contribution < -0.4 is 10.5 Å². The predicted molar refractivity (Wildman–Crippen MR) is 84.7 cm³/mol. The first-order valence-electron chi connectivity index (χ1n) is 6.66. The highest BCUT2D eigenvalue weighted by atomic mass is 35.5. The van der Waals surface area contributed by atoms with E-state index >= 15 is 0 Å². The lowest BCUT2D eigenvalue weighted by molar-refractivity contribution is 0.299. The number of ether oxygens (including phenoxy) is 1. The first kappa shape index (κ1) is 15.3. The molecule has 2 rings (SSSR count). The quantitative estimate of drug-likeness (QED) is 0.877. The van der Waals surface area contributed by atoms with Gasteiger partial charge in [0.05, 0.1) is 15.7 Å². The van der Waals surface area contributed by atoms with Crippen LogP contribution in [-0.2, 0) is 13.0 Å². The molecular weight excluding hydrogens is 292 g/mol. The van der Waals surface area contributed by atoms with Crippen molar-refractivity contribution in [2.45, 2.75) is 32.8 Å². The van der Waals surface area contributed by atoms with Crippen LogP contribution in [0, 0.1) is 0 Å². The van der Waals surface area contributed by atoms with Crippen LogP contribution >= 0.6 is 22.9 Å². The smallest absolute Gasteiger partial charge is 0.141 e. The number of nitrogens with zero attached hydrogens (tertiary/aromatic N) is 1. The molecule has 0 spiro atoms. The van der Waals surface area contributed by atoms with E-state index in [1.54, 1.807) is 11.3 Å². The van der Waals surface area contributed by atoms with E-state index in [1.165, 1.54) is 0 Å². The molecule has 20 heavy (non-hydrogen) atoms. The Hall–Kier alpha value is -1.10. The Kier molecular flexibility index (Phi) is 5.40. The van der Waals surface area contributed by atoms with Gasteiger partial charge in [0.15, 0.2) is 0 Å². The molecule has 0 radical (unpaired) electrons. The van der Waals surface area contributed by atoms with E-state index in [9.17, 15) is 0 Å². The molecule has 3 nitrogen and oxygen atoms in total. The van der Waals surface area contributed by atoms with Crippen LogP contribution in [0.15, 0.2) is 23.6 Å². The molecule has 1 heterocycles. The summed E-state index contributed by atoms with van der Waals surface area (Å²) in [5, 5.41) is 3.79. The minimum atomic E-state index is 0.435. The van der Waals surface area contributed by atoms with Crippen LogP contribution in [0.5, 0.6) is 5.75 Å². The van der Waals surface area contributed by atoms with Gasteiger partial charge in [-0.25, -0.2) is 4.98 Å². The fraction of sp³-hybridized carbons (Fsp3) is 0.400. The van der Waals surface area contributed by atoms with Gasteiger partial charge in [0.2, 0.25) is 0 Å². The Balaban J connectivity index is 2.09. The average molecular weight is 311 g/mol. The molecule has 108 valence electrons. The third-order valence-corrected chi connectivity index (χ3v) is 4.38. The minimum absolute atomic E-state index is 0.435. The number of hydrogen-bond donors (Lipinski definition) is 1.